The number of fused-ring (bicyclic) bond motifs is 1. The molecule has 0 aliphatic carbocycles. The topological polar surface area (TPSA) is 77.9 Å². The maximum Gasteiger partial charge on any atom is 0.305 e. The molecule has 0 atom stereocenters. The molecule has 11 heteroatoms. The summed E-state index contributed by atoms with van der Waals surface area (Å²) < 4.78 is 0.197. The number of amides is 2. The summed E-state index contributed by atoms with van der Waals surface area (Å²) in [6.45, 7) is 0.0150. The van der Waals surface area contributed by atoms with Gasteiger partial charge in [-0.3, -0.25) is 19.3 Å². The fourth-order valence-corrected chi connectivity index (χ4v) is 5.54. The van der Waals surface area contributed by atoms with Gasteiger partial charge < -0.3 is 10.0 Å². The summed E-state index contributed by atoms with van der Waals surface area (Å²) in [5.74, 6) is -1.98. The molecule has 32 heavy (non-hydrogen) atoms. The Morgan fingerprint density at radius 3 is 2.38 bits per heavy atom. The quantitative estimate of drug-likeness (QED) is 0.423. The van der Waals surface area contributed by atoms with E-state index in [1.807, 2.05) is 0 Å². The van der Waals surface area contributed by atoms with Gasteiger partial charge in [0, 0.05) is 32.7 Å². The molecule has 0 aromatic heterocycles. The van der Waals surface area contributed by atoms with Crippen molar-refractivity contribution in [3.63, 3.8) is 0 Å². The fourth-order valence-electron chi connectivity index (χ4n) is 3.47. The number of carboxylic acids is 1. The summed E-state index contributed by atoms with van der Waals surface area (Å²) in [5.41, 5.74) is 1.78. The van der Waals surface area contributed by atoms with Crippen molar-refractivity contribution >= 4 is 92.1 Å². The van der Waals surface area contributed by atoms with E-state index in [1.54, 1.807) is 36.4 Å². The molecule has 2 amide bonds. The summed E-state index contributed by atoms with van der Waals surface area (Å²) >= 11 is 25.0. The molecule has 1 fully saturated rings. The van der Waals surface area contributed by atoms with Crippen LogP contribution in [-0.2, 0) is 20.9 Å². The highest BCUT2D eigenvalue weighted by molar-refractivity contribution is 8.26. The van der Waals surface area contributed by atoms with Crippen LogP contribution in [0.4, 0.5) is 5.69 Å². The van der Waals surface area contributed by atoms with Gasteiger partial charge in [0.2, 0.25) is 0 Å². The number of benzene rings is 2. The normalized spacial score (nSPS) is 18.0. The molecule has 2 aliphatic rings. The minimum atomic E-state index is -1.05. The summed E-state index contributed by atoms with van der Waals surface area (Å²) in [5, 5.41) is 10.2. The van der Waals surface area contributed by atoms with Crippen LogP contribution in [0, 0.1) is 0 Å². The van der Waals surface area contributed by atoms with Gasteiger partial charge in [0.1, 0.15) is 4.32 Å². The van der Waals surface area contributed by atoms with E-state index >= 15 is 0 Å². The SMILES string of the molecule is O=C(O)CCN1C(=O)/C(=C2/C(=O)N(Cc3c(Cl)cccc3Cl)c3ccc(Cl)cc32)SC1=S. The Morgan fingerprint density at radius 1 is 1.03 bits per heavy atom. The van der Waals surface area contributed by atoms with Crippen molar-refractivity contribution in [2.75, 3.05) is 11.4 Å². The maximum atomic E-state index is 13.5. The van der Waals surface area contributed by atoms with E-state index in [0.29, 0.717) is 31.9 Å². The van der Waals surface area contributed by atoms with Gasteiger partial charge in [-0.15, -0.1) is 0 Å². The summed E-state index contributed by atoms with van der Waals surface area (Å²) in [6.07, 6.45) is -0.261. The largest absolute Gasteiger partial charge is 0.481 e. The number of thiocarbonyl (C=S) groups is 1. The zero-order chi connectivity index (χ0) is 23.2. The number of rotatable bonds is 5. The average Bonchev–Trinajstić information content (AvgIpc) is 3.15. The predicted molar refractivity (Wildman–Crippen MR) is 130 cm³/mol. The highest BCUT2D eigenvalue weighted by Gasteiger charge is 2.42. The van der Waals surface area contributed by atoms with Crippen LogP contribution in [0.5, 0.6) is 0 Å². The van der Waals surface area contributed by atoms with Crippen LogP contribution >= 0.6 is 58.8 Å². The number of thioether (sulfide) groups is 1. The molecule has 1 N–H and O–H groups in total. The lowest BCUT2D eigenvalue weighted by Crippen LogP contribution is -2.31. The lowest BCUT2D eigenvalue weighted by molar-refractivity contribution is -0.137. The van der Waals surface area contributed by atoms with E-state index < -0.39 is 17.8 Å². The van der Waals surface area contributed by atoms with Crippen LogP contribution in [0.15, 0.2) is 41.3 Å². The highest BCUT2D eigenvalue weighted by Crippen LogP contribution is 2.46. The molecule has 4 rings (SSSR count). The Kier molecular flexibility index (Phi) is 6.51. The van der Waals surface area contributed by atoms with Gasteiger partial charge in [0.05, 0.1) is 29.1 Å². The first-order valence-corrected chi connectivity index (χ1v) is 11.6. The van der Waals surface area contributed by atoms with Crippen molar-refractivity contribution in [1.82, 2.24) is 4.90 Å². The molecule has 164 valence electrons. The van der Waals surface area contributed by atoms with E-state index in [4.69, 9.17) is 52.1 Å². The van der Waals surface area contributed by atoms with Crippen molar-refractivity contribution in [3.05, 3.63) is 67.5 Å². The van der Waals surface area contributed by atoms with Gasteiger partial charge in [0.15, 0.2) is 0 Å². The van der Waals surface area contributed by atoms with Gasteiger partial charge in [-0.1, -0.05) is 64.8 Å². The van der Waals surface area contributed by atoms with E-state index in [-0.39, 0.29) is 34.3 Å². The lowest BCUT2D eigenvalue weighted by atomic mass is 10.1. The molecule has 2 aromatic carbocycles. The molecule has 2 heterocycles. The van der Waals surface area contributed by atoms with Crippen molar-refractivity contribution in [2.24, 2.45) is 0 Å². The first-order valence-electron chi connectivity index (χ1n) is 9.23. The van der Waals surface area contributed by atoms with Crippen LogP contribution < -0.4 is 4.90 Å². The fraction of sp³-hybridized carbons (Fsp3) is 0.143. The highest BCUT2D eigenvalue weighted by atomic mass is 35.5. The smallest absolute Gasteiger partial charge is 0.305 e. The zero-order valence-corrected chi connectivity index (χ0v) is 20.0. The first kappa shape index (κ1) is 23.1. The number of carbonyl (C=O) groups excluding carboxylic acids is 2. The Hall–Kier alpha value is -2.10. The number of hydrogen-bond acceptors (Lipinski definition) is 5. The van der Waals surface area contributed by atoms with Gasteiger partial charge >= 0.3 is 5.97 Å². The first-order chi connectivity index (χ1) is 15.2. The summed E-state index contributed by atoms with van der Waals surface area (Å²) in [6, 6.07) is 10.0. The van der Waals surface area contributed by atoms with E-state index in [0.717, 1.165) is 11.8 Å². The number of halogens is 3. The van der Waals surface area contributed by atoms with Gasteiger partial charge in [-0.25, -0.2) is 0 Å². The van der Waals surface area contributed by atoms with Gasteiger partial charge in [0.25, 0.3) is 11.8 Å². The van der Waals surface area contributed by atoms with E-state index in [2.05, 4.69) is 0 Å². The summed E-state index contributed by atoms with van der Waals surface area (Å²) in [7, 11) is 0. The maximum absolute atomic E-state index is 13.5. The van der Waals surface area contributed by atoms with Gasteiger partial charge in [-0.05, 0) is 30.3 Å². The Bertz CT molecular complexity index is 1210. The van der Waals surface area contributed by atoms with Crippen LogP contribution in [0.2, 0.25) is 15.1 Å². The number of aliphatic carboxylic acids is 1. The molecular weight excluding hydrogens is 515 g/mol. The molecule has 0 spiro atoms. The average molecular weight is 528 g/mol. The van der Waals surface area contributed by atoms with Crippen molar-refractivity contribution in [1.29, 1.82) is 0 Å². The number of carboxylic acid groups (broad SMARTS) is 1. The van der Waals surface area contributed by atoms with Crippen molar-refractivity contribution in [3.8, 4) is 0 Å². The molecule has 6 nitrogen and oxygen atoms in total. The Balaban J connectivity index is 1.79. The second kappa shape index (κ2) is 9.03. The number of anilines is 1. The molecule has 0 unspecified atom stereocenters. The number of nitrogens with zero attached hydrogens (tertiary/aromatic N) is 2. The molecule has 2 aliphatic heterocycles. The van der Waals surface area contributed by atoms with Gasteiger partial charge in [-0.2, -0.15) is 0 Å². The van der Waals surface area contributed by atoms with Crippen LogP contribution in [-0.4, -0.2) is 38.7 Å². The molecule has 2 aromatic rings. The minimum absolute atomic E-state index is 0.0771. The third-order valence-electron chi connectivity index (χ3n) is 4.98. The molecule has 0 bridgehead atoms. The Morgan fingerprint density at radius 2 is 1.72 bits per heavy atom. The monoisotopic (exact) mass is 526 g/mol. The molecule has 0 radical (unpaired) electrons. The number of hydrogen-bond donors (Lipinski definition) is 1. The van der Waals surface area contributed by atoms with Crippen LogP contribution in [0.1, 0.15) is 17.5 Å². The third-order valence-corrected chi connectivity index (χ3v) is 7.37. The standard InChI is InChI=1S/C21H13Cl3N2O4S2/c22-10-4-5-15-11(8-10)17(18-20(30)25(21(31)32-18)7-6-16(27)28)19(29)26(15)9-12-13(23)2-1-3-14(12)24/h1-5,8H,6-7,9H2,(H,27,28)/b18-17-. The lowest BCUT2D eigenvalue weighted by Gasteiger charge is -2.19. The van der Waals surface area contributed by atoms with E-state index in [1.165, 1.54) is 9.80 Å². The number of carbonyl (C=O) groups is 3. The second-order valence-electron chi connectivity index (χ2n) is 6.93. The van der Waals surface area contributed by atoms with Crippen molar-refractivity contribution in [2.45, 2.75) is 13.0 Å². The molecule has 0 saturated carbocycles. The van der Waals surface area contributed by atoms with E-state index in [9.17, 15) is 14.4 Å². The summed E-state index contributed by atoms with van der Waals surface area (Å²) in [4.78, 5) is 40.3. The minimum Gasteiger partial charge on any atom is -0.481 e. The molecule has 1 saturated heterocycles. The van der Waals surface area contributed by atoms with Crippen LogP contribution in [0.3, 0.4) is 0 Å². The second-order valence-corrected chi connectivity index (χ2v) is 9.82. The predicted octanol–water partition coefficient (Wildman–Crippen LogP) is 5.24. The van der Waals surface area contributed by atoms with Crippen LogP contribution in [0.25, 0.3) is 5.57 Å². The van der Waals surface area contributed by atoms with Crippen molar-refractivity contribution < 1.29 is 19.5 Å². The zero-order valence-electron chi connectivity index (χ0n) is 16.1. The Labute approximate surface area is 207 Å². The molecular formula is C21H13Cl3N2O4S2. The third kappa shape index (κ3) is 4.13.